The highest BCUT2D eigenvalue weighted by atomic mass is 32.2. The lowest BCUT2D eigenvalue weighted by Gasteiger charge is -2.12. The van der Waals surface area contributed by atoms with Crippen molar-refractivity contribution < 1.29 is 17.5 Å². The molecular weight excluding hydrogens is 271 g/mol. The van der Waals surface area contributed by atoms with E-state index in [9.17, 15) is 12.8 Å². The van der Waals surface area contributed by atoms with Crippen LogP contribution >= 0.6 is 0 Å². The first kappa shape index (κ1) is 15.9. The van der Waals surface area contributed by atoms with Crippen molar-refractivity contribution in [2.75, 3.05) is 27.2 Å². The van der Waals surface area contributed by atoms with E-state index in [0.29, 0.717) is 6.54 Å². The van der Waals surface area contributed by atoms with Crippen LogP contribution in [0.25, 0.3) is 0 Å². The van der Waals surface area contributed by atoms with Gasteiger partial charge in [0.1, 0.15) is 0 Å². The third-order valence-electron chi connectivity index (χ3n) is 2.61. The molecule has 2 N–H and O–H groups in total. The van der Waals surface area contributed by atoms with Gasteiger partial charge in [-0.3, -0.25) is 0 Å². The van der Waals surface area contributed by atoms with Crippen LogP contribution in [0.15, 0.2) is 23.1 Å². The van der Waals surface area contributed by atoms with Crippen molar-refractivity contribution in [2.45, 2.75) is 11.8 Å². The van der Waals surface area contributed by atoms with Gasteiger partial charge in [-0.05, 0) is 37.7 Å². The summed E-state index contributed by atoms with van der Waals surface area (Å²) >= 11 is 0. The number of rotatable bonds is 7. The standard InChI is InChI=1S/C12H19FN2O3S/c1-9(7-14-2)8-15-19(16,17)10-4-5-12(18-3)11(13)6-10/h4-6,9,14-15H,7-8H2,1-3H3. The SMILES string of the molecule is CNCC(C)CNS(=O)(=O)c1ccc(OC)c(F)c1. The Labute approximate surface area is 113 Å². The number of halogens is 1. The largest absolute Gasteiger partial charge is 0.494 e. The smallest absolute Gasteiger partial charge is 0.240 e. The zero-order valence-electron chi connectivity index (χ0n) is 11.2. The molecule has 0 bridgehead atoms. The molecule has 1 aromatic carbocycles. The van der Waals surface area contributed by atoms with Crippen LogP contribution in [0.1, 0.15) is 6.92 Å². The van der Waals surface area contributed by atoms with E-state index >= 15 is 0 Å². The summed E-state index contributed by atoms with van der Waals surface area (Å²) in [7, 11) is -0.575. The number of methoxy groups -OCH3 is 1. The normalized spacial score (nSPS) is 13.3. The molecule has 0 aliphatic carbocycles. The molecule has 0 aliphatic heterocycles. The lowest BCUT2D eigenvalue weighted by molar-refractivity contribution is 0.385. The maximum absolute atomic E-state index is 13.5. The maximum Gasteiger partial charge on any atom is 0.240 e. The molecule has 5 nitrogen and oxygen atoms in total. The summed E-state index contributed by atoms with van der Waals surface area (Å²) in [6.45, 7) is 2.89. The molecule has 0 radical (unpaired) electrons. The van der Waals surface area contributed by atoms with Crippen LogP contribution in [0, 0.1) is 11.7 Å². The highest BCUT2D eigenvalue weighted by Crippen LogP contribution is 2.20. The Bertz CT molecular complexity index is 520. The quantitative estimate of drug-likeness (QED) is 0.785. The number of sulfonamides is 1. The molecule has 19 heavy (non-hydrogen) atoms. The van der Waals surface area contributed by atoms with E-state index in [1.807, 2.05) is 6.92 Å². The monoisotopic (exact) mass is 290 g/mol. The Balaban J connectivity index is 2.80. The Kier molecular flexibility index (Phi) is 5.71. The topological polar surface area (TPSA) is 67.4 Å². The zero-order chi connectivity index (χ0) is 14.5. The van der Waals surface area contributed by atoms with E-state index in [0.717, 1.165) is 6.07 Å². The number of hydrogen-bond donors (Lipinski definition) is 2. The average Bonchev–Trinajstić information content (AvgIpc) is 2.37. The molecule has 1 unspecified atom stereocenters. The summed E-state index contributed by atoms with van der Waals surface area (Å²) in [4.78, 5) is -0.109. The summed E-state index contributed by atoms with van der Waals surface area (Å²) < 4.78 is 44.6. The van der Waals surface area contributed by atoms with Gasteiger partial charge in [0, 0.05) is 6.54 Å². The van der Waals surface area contributed by atoms with Gasteiger partial charge in [0.25, 0.3) is 0 Å². The van der Waals surface area contributed by atoms with Crippen molar-refractivity contribution in [2.24, 2.45) is 5.92 Å². The molecule has 0 saturated carbocycles. The Morgan fingerprint density at radius 2 is 2.05 bits per heavy atom. The molecule has 1 rings (SSSR count). The van der Waals surface area contributed by atoms with Gasteiger partial charge in [-0.2, -0.15) is 0 Å². The van der Waals surface area contributed by atoms with Crippen molar-refractivity contribution in [3.05, 3.63) is 24.0 Å². The lowest BCUT2D eigenvalue weighted by atomic mass is 10.2. The second kappa shape index (κ2) is 6.83. The van der Waals surface area contributed by atoms with Gasteiger partial charge >= 0.3 is 0 Å². The molecule has 0 fully saturated rings. The van der Waals surface area contributed by atoms with Crippen LogP contribution in [-0.4, -0.2) is 35.7 Å². The summed E-state index contributed by atoms with van der Waals surface area (Å²) in [5.74, 6) is -0.543. The van der Waals surface area contributed by atoms with E-state index in [2.05, 4.69) is 10.0 Å². The molecule has 0 aliphatic rings. The van der Waals surface area contributed by atoms with Crippen LogP contribution in [0.3, 0.4) is 0 Å². The van der Waals surface area contributed by atoms with Crippen molar-refractivity contribution in [3.8, 4) is 5.75 Å². The fourth-order valence-electron chi connectivity index (χ4n) is 1.57. The lowest BCUT2D eigenvalue weighted by Crippen LogP contribution is -2.32. The predicted octanol–water partition coefficient (Wildman–Crippen LogP) is 0.968. The first-order valence-electron chi connectivity index (χ1n) is 5.88. The predicted molar refractivity (Wildman–Crippen MR) is 71.2 cm³/mol. The highest BCUT2D eigenvalue weighted by Gasteiger charge is 2.17. The third kappa shape index (κ3) is 4.45. The number of ether oxygens (including phenoxy) is 1. The molecular formula is C12H19FN2O3S. The zero-order valence-corrected chi connectivity index (χ0v) is 12.1. The first-order valence-corrected chi connectivity index (χ1v) is 7.37. The van der Waals surface area contributed by atoms with Crippen LogP contribution in [0.2, 0.25) is 0 Å². The Morgan fingerprint density at radius 1 is 1.37 bits per heavy atom. The van der Waals surface area contributed by atoms with Gasteiger partial charge in [0.05, 0.1) is 12.0 Å². The third-order valence-corrected chi connectivity index (χ3v) is 4.03. The van der Waals surface area contributed by atoms with Crippen LogP contribution in [0.5, 0.6) is 5.75 Å². The minimum Gasteiger partial charge on any atom is -0.494 e. The first-order chi connectivity index (χ1) is 8.90. The van der Waals surface area contributed by atoms with Crippen molar-refractivity contribution in [3.63, 3.8) is 0 Å². The van der Waals surface area contributed by atoms with E-state index in [1.54, 1.807) is 7.05 Å². The van der Waals surface area contributed by atoms with Crippen LogP contribution < -0.4 is 14.8 Å². The van der Waals surface area contributed by atoms with Crippen molar-refractivity contribution in [1.29, 1.82) is 0 Å². The molecule has 108 valence electrons. The van der Waals surface area contributed by atoms with Crippen LogP contribution in [-0.2, 0) is 10.0 Å². The number of nitrogens with one attached hydrogen (secondary N) is 2. The summed E-state index contributed by atoms with van der Waals surface area (Å²) in [6, 6.07) is 3.55. The fraction of sp³-hybridized carbons (Fsp3) is 0.500. The molecule has 0 aromatic heterocycles. The van der Waals surface area contributed by atoms with Gasteiger partial charge in [0.2, 0.25) is 10.0 Å². The Morgan fingerprint density at radius 3 is 2.58 bits per heavy atom. The molecule has 0 heterocycles. The Hall–Kier alpha value is -1.18. The van der Waals surface area contributed by atoms with Crippen molar-refractivity contribution >= 4 is 10.0 Å². The summed E-state index contributed by atoms with van der Waals surface area (Å²) in [5.41, 5.74) is 0. The second-order valence-electron chi connectivity index (χ2n) is 4.31. The van der Waals surface area contributed by atoms with E-state index in [1.165, 1.54) is 19.2 Å². The summed E-state index contributed by atoms with van der Waals surface area (Å²) in [5, 5.41) is 2.96. The van der Waals surface area contributed by atoms with Crippen molar-refractivity contribution in [1.82, 2.24) is 10.0 Å². The molecule has 1 aromatic rings. The van der Waals surface area contributed by atoms with E-state index in [-0.39, 0.29) is 23.1 Å². The molecule has 1 atom stereocenters. The van der Waals surface area contributed by atoms with Crippen LogP contribution in [0.4, 0.5) is 4.39 Å². The van der Waals surface area contributed by atoms with Gasteiger partial charge < -0.3 is 10.1 Å². The van der Waals surface area contributed by atoms with Gasteiger partial charge in [-0.15, -0.1) is 0 Å². The molecule has 0 saturated heterocycles. The number of hydrogen-bond acceptors (Lipinski definition) is 4. The minimum absolute atomic E-state index is 0.0162. The van der Waals surface area contributed by atoms with Gasteiger partial charge in [-0.1, -0.05) is 6.92 Å². The van der Waals surface area contributed by atoms with Gasteiger partial charge in [0.15, 0.2) is 11.6 Å². The molecule has 0 spiro atoms. The average molecular weight is 290 g/mol. The number of benzene rings is 1. The van der Waals surface area contributed by atoms with E-state index in [4.69, 9.17) is 4.74 Å². The fourth-order valence-corrected chi connectivity index (χ4v) is 2.75. The maximum atomic E-state index is 13.5. The van der Waals surface area contributed by atoms with E-state index < -0.39 is 15.8 Å². The minimum atomic E-state index is -3.69. The van der Waals surface area contributed by atoms with Gasteiger partial charge in [-0.25, -0.2) is 17.5 Å². The highest BCUT2D eigenvalue weighted by molar-refractivity contribution is 7.89. The second-order valence-corrected chi connectivity index (χ2v) is 6.08. The summed E-state index contributed by atoms with van der Waals surface area (Å²) in [6.07, 6.45) is 0. The molecule has 7 heteroatoms. The molecule has 0 amide bonds.